The van der Waals surface area contributed by atoms with Crippen LogP contribution in [0.2, 0.25) is 0 Å². The molecule has 1 rings (SSSR count). The van der Waals surface area contributed by atoms with Gasteiger partial charge in [0.2, 0.25) is 5.91 Å². The first-order valence-corrected chi connectivity index (χ1v) is 6.73. The molecule has 0 saturated heterocycles. The molecule has 0 aliphatic carbocycles. The summed E-state index contributed by atoms with van der Waals surface area (Å²) < 4.78 is 0. The lowest BCUT2D eigenvalue weighted by atomic mass is 10.0. The van der Waals surface area contributed by atoms with Gasteiger partial charge in [-0.25, -0.2) is 0 Å². The van der Waals surface area contributed by atoms with E-state index >= 15 is 0 Å². The molecule has 0 heterocycles. The Hall–Kier alpha value is -1.35. The smallest absolute Gasteiger partial charge is 0.238 e. The molecular formula is C15H24N2O. The topological polar surface area (TPSA) is 41.1 Å². The van der Waals surface area contributed by atoms with Crippen LogP contribution < -0.4 is 10.6 Å². The van der Waals surface area contributed by atoms with Gasteiger partial charge < -0.3 is 10.6 Å². The molecule has 0 aliphatic rings. The summed E-state index contributed by atoms with van der Waals surface area (Å²) in [6, 6.07) is 7.84. The van der Waals surface area contributed by atoms with Crippen LogP contribution in [0.4, 0.5) is 5.69 Å². The van der Waals surface area contributed by atoms with Crippen molar-refractivity contribution < 1.29 is 4.79 Å². The van der Waals surface area contributed by atoms with Crippen LogP contribution in [0, 0.1) is 12.8 Å². The number of rotatable bonds is 7. The fourth-order valence-electron chi connectivity index (χ4n) is 1.81. The number of anilines is 1. The van der Waals surface area contributed by atoms with Crippen LogP contribution in [-0.4, -0.2) is 19.0 Å². The van der Waals surface area contributed by atoms with Crippen LogP contribution in [0.1, 0.15) is 32.3 Å². The van der Waals surface area contributed by atoms with E-state index in [4.69, 9.17) is 0 Å². The molecule has 1 aromatic rings. The molecule has 0 fully saturated rings. The van der Waals surface area contributed by atoms with Gasteiger partial charge in [-0.1, -0.05) is 44.4 Å². The van der Waals surface area contributed by atoms with E-state index in [2.05, 4.69) is 24.5 Å². The number of hydrogen-bond donors (Lipinski definition) is 2. The van der Waals surface area contributed by atoms with Crippen molar-refractivity contribution in [1.82, 2.24) is 5.32 Å². The number of aryl methyl sites for hydroxylation is 1. The summed E-state index contributed by atoms with van der Waals surface area (Å²) in [5, 5.41) is 6.08. The Balaban J connectivity index is 2.27. The van der Waals surface area contributed by atoms with E-state index in [-0.39, 0.29) is 5.91 Å². The van der Waals surface area contributed by atoms with E-state index in [1.165, 1.54) is 5.56 Å². The minimum Gasteiger partial charge on any atom is -0.325 e. The number of carbonyl (C=O) groups is 1. The Labute approximate surface area is 110 Å². The summed E-state index contributed by atoms with van der Waals surface area (Å²) in [6.07, 6.45) is 2.31. The van der Waals surface area contributed by atoms with Crippen LogP contribution in [0.15, 0.2) is 24.3 Å². The van der Waals surface area contributed by atoms with Gasteiger partial charge >= 0.3 is 0 Å². The van der Waals surface area contributed by atoms with Crippen LogP contribution in [0.3, 0.4) is 0 Å². The normalized spacial score (nSPS) is 10.7. The van der Waals surface area contributed by atoms with E-state index < -0.39 is 0 Å². The predicted molar refractivity (Wildman–Crippen MR) is 76.8 cm³/mol. The summed E-state index contributed by atoms with van der Waals surface area (Å²) in [4.78, 5) is 11.7. The van der Waals surface area contributed by atoms with Gasteiger partial charge in [0.15, 0.2) is 0 Å². The zero-order valence-electron chi connectivity index (χ0n) is 11.6. The Morgan fingerprint density at radius 2 is 1.78 bits per heavy atom. The highest BCUT2D eigenvalue weighted by molar-refractivity contribution is 5.92. The molecule has 0 saturated carbocycles. The zero-order valence-corrected chi connectivity index (χ0v) is 11.6. The molecule has 18 heavy (non-hydrogen) atoms. The molecule has 2 N–H and O–H groups in total. The fraction of sp³-hybridized carbons (Fsp3) is 0.533. The Kier molecular flexibility index (Phi) is 6.44. The van der Waals surface area contributed by atoms with Gasteiger partial charge in [0.1, 0.15) is 0 Å². The summed E-state index contributed by atoms with van der Waals surface area (Å²) in [5.41, 5.74) is 2.05. The Bertz CT molecular complexity index is 355. The minimum absolute atomic E-state index is 0.0183. The molecule has 3 heteroatoms. The molecule has 1 aromatic carbocycles. The maximum atomic E-state index is 11.7. The third kappa shape index (κ3) is 5.32. The fourth-order valence-corrected chi connectivity index (χ4v) is 1.81. The molecule has 3 nitrogen and oxygen atoms in total. The van der Waals surface area contributed by atoms with Crippen molar-refractivity contribution in [3.8, 4) is 0 Å². The quantitative estimate of drug-likeness (QED) is 0.779. The van der Waals surface area contributed by atoms with E-state index in [1.54, 1.807) is 0 Å². The highest BCUT2D eigenvalue weighted by atomic mass is 16.1. The van der Waals surface area contributed by atoms with Crippen molar-refractivity contribution in [2.24, 2.45) is 5.92 Å². The average Bonchev–Trinajstić information content (AvgIpc) is 2.37. The molecule has 0 aromatic heterocycles. The van der Waals surface area contributed by atoms with Gasteiger partial charge in [-0.05, 0) is 31.5 Å². The van der Waals surface area contributed by atoms with Crippen molar-refractivity contribution in [2.75, 3.05) is 18.4 Å². The monoisotopic (exact) mass is 248 g/mol. The molecule has 0 bridgehead atoms. The predicted octanol–water partition coefficient (Wildman–Crippen LogP) is 2.96. The first-order chi connectivity index (χ1) is 8.65. The maximum absolute atomic E-state index is 11.7. The van der Waals surface area contributed by atoms with E-state index in [0.29, 0.717) is 12.5 Å². The van der Waals surface area contributed by atoms with Crippen molar-refractivity contribution in [3.05, 3.63) is 29.8 Å². The van der Waals surface area contributed by atoms with Crippen LogP contribution in [0.5, 0.6) is 0 Å². The van der Waals surface area contributed by atoms with E-state index in [1.807, 2.05) is 31.2 Å². The lowest BCUT2D eigenvalue weighted by Gasteiger charge is -2.13. The van der Waals surface area contributed by atoms with Gasteiger partial charge in [0.25, 0.3) is 0 Å². The Morgan fingerprint density at radius 1 is 1.17 bits per heavy atom. The highest BCUT2D eigenvalue weighted by Crippen LogP contribution is 2.08. The molecule has 0 unspecified atom stereocenters. The lowest BCUT2D eigenvalue weighted by Crippen LogP contribution is -2.31. The summed E-state index contributed by atoms with van der Waals surface area (Å²) >= 11 is 0. The number of amides is 1. The molecule has 0 spiro atoms. The molecule has 0 atom stereocenters. The molecule has 0 radical (unpaired) electrons. The van der Waals surface area contributed by atoms with Crippen molar-refractivity contribution in [3.63, 3.8) is 0 Å². The number of nitrogens with one attached hydrogen (secondary N) is 2. The number of benzene rings is 1. The summed E-state index contributed by atoms with van der Waals surface area (Å²) in [5.74, 6) is 0.682. The second-order valence-electron chi connectivity index (χ2n) is 4.73. The highest BCUT2D eigenvalue weighted by Gasteiger charge is 2.05. The number of carbonyl (C=O) groups excluding carboxylic acids is 1. The average molecular weight is 248 g/mol. The molecular weight excluding hydrogens is 224 g/mol. The van der Waals surface area contributed by atoms with Gasteiger partial charge in [0, 0.05) is 5.69 Å². The first-order valence-electron chi connectivity index (χ1n) is 6.73. The molecule has 1 amide bonds. The van der Waals surface area contributed by atoms with E-state index in [0.717, 1.165) is 25.1 Å². The van der Waals surface area contributed by atoms with Gasteiger partial charge in [-0.3, -0.25) is 4.79 Å². The summed E-state index contributed by atoms with van der Waals surface area (Å²) in [7, 11) is 0. The third-order valence-electron chi connectivity index (χ3n) is 3.21. The maximum Gasteiger partial charge on any atom is 0.238 e. The van der Waals surface area contributed by atoms with Crippen molar-refractivity contribution >= 4 is 11.6 Å². The summed E-state index contributed by atoms with van der Waals surface area (Å²) in [6.45, 7) is 7.69. The van der Waals surface area contributed by atoms with Gasteiger partial charge in [-0.2, -0.15) is 0 Å². The van der Waals surface area contributed by atoms with Crippen molar-refractivity contribution in [1.29, 1.82) is 0 Å². The van der Waals surface area contributed by atoms with Gasteiger partial charge in [0.05, 0.1) is 6.54 Å². The third-order valence-corrected chi connectivity index (χ3v) is 3.21. The SMILES string of the molecule is CCC(CC)CNCC(=O)Nc1ccc(C)cc1. The molecule has 100 valence electrons. The Morgan fingerprint density at radius 3 is 2.33 bits per heavy atom. The van der Waals surface area contributed by atoms with Crippen LogP contribution >= 0.6 is 0 Å². The first kappa shape index (κ1) is 14.7. The minimum atomic E-state index is 0.0183. The van der Waals surface area contributed by atoms with E-state index in [9.17, 15) is 4.79 Å². The number of hydrogen-bond acceptors (Lipinski definition) is 2. The van der Waals surface area contributed by atoms with Crippen molar-refractivity contribution in [2.45, 2.75) is 33.6 Å². The standard InChI is InChI=1S/C15H24N2O/c1-4-13(5-2)10-16-11-15(18)17-14-8-6-12(3)7-9-14/h6-9,13,16H,4-5,10-11H2,1-3H3,(H,17,18). The molecule has 0 aliphatic heterocycles. The van der Waals surface area contributed by atoms with Crippen LogP contribution in [0.25, 0.3) is 0 Å². The largest absolute Gasteiger partial charge is 0.325 e. The second kappa shape index (κ2) is 7.88. The second-order valence-corrected chi connectivity index (χ2v) is 4.73. The lowest BCUT2D eigenvalue weighted by molar-refractivity contribution is -0.115. The van der Waals surface area contributed by atoms with Gasteiger partial charge in [-0.15, -0.1) is 0 Å². The van der Waals surface area contributed by atoms with Crippen LogP contribution in [-0.2, 0) is 4.79 Å². The zero-order chi connectivity index (χ0) is 13.4.